The summed E-state index contributed by atoms with van der Waals surface area (Å²) in [7, 11) is 0. The molecule has 0 N–H and O–H groups in total. The first-order valence-electron chi connectivity index (χ1n) is 7.01. The molecule has 20 heavy (non-hydrogen) atoms. The minimum absolute atomic E-state index is 0.0209. The molecule has 0 aromatic heterocycles. The summed E-state index contributed by atoms with van der Waals surface area (Å²) < 4.78 is 11.4. The van der Waals surface area contributed by atoms with Crippen LogP contribution in [0.3, 0.4) is 0 Å². The molecule has 1 atom stereocenters. The Hall–Kier alpha value is -1.42. The number of alkyl halides is 1. The van der Waals surface area contributed by atoms with Crippen LogP contribution < -0.4 is 9.47 Å². The van der Waals surface area contributed by atoms with Gasteiger partial charge in [0.15, 0.2) is 11.5 Å². The van der Waals surface area contributed by atoms with Crippen molar-refractivity contribution in [1.82, 2.24) is 4.90 Å². The van der Waals surface area contributed by atoms with E-state index in [1.165, 1.54) is 0 Å². The largest absolute Gasteiger partial charge is 0.485 e. The van der Waals surface area contributed by atoms with Crippen LogP contribution in [0.4, 0.5) is 0 Å². The molecule has 2 aliphatic rings. The maximum atomic E-state index is 12.4. The fourth-order valence-corrected chi connectivity index (χ4v) is 2.96. The minimum atomic E-state index is -0.530. The monoisotopic (exact) mass is 295 g/mol. The number of fused-ring (bicyclic) bond motifs is 1. The van der Waals surface area contributed by atoms with Crippen LogP contribution in [0.5, 0.6) is 11.5 Å². The number of carbonyl (C=O) groups is 1. The normalized spacial score (nSPS) is 22.6. The molecule has 1 aromatic carbocycles. The first kappa shape index (κ1) is 13.6. The van der Waals surface area contributed by atoms with E-state index in [9.17, 15) is 4.79 Å². The first-order chi connectivity index (χ1) is 9.78. The van der Waals surface area contributed by atoms with E-state index < -0.39 is 6.10 Å². The highest BCUT2D eigenvalue weighted by Gasteiger charge is 2.32. The molecule has 108 valence electrons. The Balaban J connectivity index is 1.62. The Morgan fingerprint density at radius 1 is 1.25 bits per heavy atom. The van der Waals surface area contributed by atoms with Crippen molar-refractivity contribution in [2.45, 2.75) is 18.9 Å². The minimum Gasteiger partial charge on any atom is -0.485 e. The maximum Gasteiger partial charge on any atom is 0.267 e. The zero-order valence-electron chi connectivity index (χ0n) is 11.3. The summed E-state index contributed by atoms with van der Waals surface area (Å²) in [6.45, 7) is 1.81. The van der Waals surface area contributed by atoms with Crippen LogP contribution in [0.1, 0.15) is 12.8 Å². The van der Waals surface area contributed by atoms with Crippen LogP contribution in [-0.2, 0) is 4.79 Å². The van der Waals surface area contributed by atoms with Crippen LogP contribution >= 0.6 is 11.6 Å². The summed E-state index contributed by atoms with van der Waals surface area (Å²) in [6.07, 6.45) is 1.41. The number of hydrogen-bond donors (Lipinski definition) is 0. The number of ether oxygens (including phenoxy) is 2. The summed E-state index contributed by atoms with van der Waals surface area (Å²) in [4.78, 5) is 14.3. The summed E-state index contributed by atoms with van der Waals surface area (Å²) in [5, 5.41) is 0. The summed E-state index contributed by atoms with van der Waals surface area (Å²) in [5.74, 6) is 2.58. The molecule has 0 saturated carbocycles. The molecule has 1 saturated heterocycles. The van der Waals surface area contributed by atoms with E-state index in [1.807, 2.05) is 29.2 Å². The molecule has 3 rings (SSSR count). The third-order valence-electron chi connectivity index (χ3n) is 3.93. The number of amides is 1. The van der Waals surface area contributed by atoms with Crippen LogP contribution in [0.25, 0.3) is 0 Å². The molecule has 4 nitrogen and oxygen atoms in total. The highest BCUT2D eigenvalue weighted by Crippen LogP contribution is 2.31. The van der Waals surface area contributed by atoms with Crippen molar-refractivity contribution in [2.75, 3.05) is 25.6 Å². The molecule has 2 aliphatic heterocycles. The number of rotatable bonds is 2. The van der Waals surface area contributed by atoms with Crippen molar-refractivity contribution < 1.29 is 14.3 Å². The highest BCUT2D eigenvalue weighted by atomic mass is 35.5. The lowest BCUT2D eigenvalue weighted by Gasteiger charge is -2.34. The van der Waals surface area contributed by atoms with E-state index in [2.05, 4.69) is 0 Å². The van der Waals surface area contributed by atoms with E-state index >= 15 is 0 Å². The van der Waals surface area contributed by atoms with E-state index in [4.69, 9.17) is 21.1 Å². The molecule has 0 aliphatic carbocycles. The Labute approximate surface area is 123 Å². The molecular weight excluding hydrogens is 278 g/mol. The molecule has 0 spiro atoms. The highest BCUT2D eigenvalue weighted by molar-refractivity contribution is 6.18. The topological polar surface area (TPSA) is 38.8 Å². The van der Waals surface area contributed by atoms with Gasteiger partial charge in [-0.25, -0.2) is 0 Å². The lowest BCUT2D eigenvalue weighted by Crippen LogP contribution is -2.49. The SMILES string of the molecule is O=C(C1COc2ccccc2O1)N1CCC(CCl)CC1. The molecule has 0 radical (unpaired) electrons. The average molecular weight is 296 g/mol. The number of carbonyl (C=O) groups excluding carboxylic acids is 1. The standard InChI is InChI=1S/C15H18ClNO3/c16-9-11-5-7-17(8-6-11)15(18)14-10-19-12-3-1-2-4-13(12)20-14/h1-4,11,14H,5-10H2. The van der Waals surface area contributed by atoms with Gasteiger partial charge >= 0.3 is 0 Å². The van der Waals surface area contributed by atoms with E-state index in [1.54, 1.807) is 0 Å². The van der Waals surface area contributed by atoms with Gasteiger partial charge in [0.05, 0.1) is 0 Å². The average Bonchev–Trinajstić information content (AvgIpc) is 2.54. The van der Waals surface area contributed by atoms with Gasteiger partial charge in [-0.3, -0.25) is 4.79 Å². The molecule has 1 aromatic rings. The molecular formula is C15H18ClNO3. The predicted octanol–water partition coefficient (Wildman–Crippen LogP) is 2.30. The summed E-state index contributed by atoms with van der Waals surface area (Å²) in [5.41, 5.74) is 0. The van der Waals surface area contributed by atoms with Gasteiger partial charge < -0.3 is 14.4 Å². The number of likely N-dealkylation sites (tertiary alicyclic amines) is 1. The fourth-order valence-electron chi connectivity index (χ4n) is 2.65. The quantitative estimate of drug-likeness (QED) is 0.786. The van der Waals surface area contributed by atoms with Gasteiger partial charge in [0.2, 0.25) is 6.10 Å². The molecule has 1 fully saturated rings. The van der Waals surface area contributed by atoms with Crippen molar-refractivity contribution in [1.29, 1.82) is 0 Å². The van der Waals surface area contributed by atoms with Crippen molar-refractivity contribution in [2.24, 2.45) is 5.92 Å². The Kier molecular flexibility index (Phi) is 4.01. The lowest BCUT2D eigenvalue weighted by atomic mass is 9.98. The van der Waals surface area contributed by atoms with E-state index in [-0.39, 0.29) is 12.5 Å². The van der Waals surface area contributed by atoms with Crippen molar-refractivity contribution in [3.63, 3.8) is 0 Å². The van der Waals surface area contributed by atoms with Crippen LogP contribution in [-0.4, -0.2) is 42.5 Å². The maximum absolute atomic E-state index is 12.4. The molecule has 0 bridgehead atoms. The van der Waals surface area contributed by atoms with Crippen molar-refractivity contribution >= 4 is 17.5 Å². The van der Waals surface area contributed by atoms with Gasteiger partial charge in [-0.1, -0.05) is 12.1 Å². The molecule has 2 heterocycles. The second kappa shape index (κ2) is 5.92. The number of hydrogen-bond acceptors (Lipinski definition) is 3. The second-order valence-electron chi connectivity index (χ2n) is 5.29. The van der Waals surface area contributed by atoms with Gasteiger partial charge in [0.1, 0.15) is 6.61 Å². The van der Waals surface area contributed by atoms with Crippen LogP contribution in [0.15, 0.2) is 24.3 Å². The zero-order valence-corrected chi connectivity index (χ0v) is 12.0. The number of nitrogens with zero attached hydrogens (tertiary/aromatic N) is 1. The van der Waals surface area contributed by atoms with Crippen LogP contribution in [0.2, 0.25) is 0 Å². The van der Waals surface area contributed by atoms with Gasteiger partial charge in [-0.2, -0.15) is 0 Å². The Morgan fingerprint density at radius 3 is 2.65 bits per heavy atom. The molecule has 1 amide bonds. The number of para-hydroxylation sites is 2. The summed E-state index contributed by atoms with van der Waals surface area (Å²) >= 11 is 5.86. The Bertz CT molecular complexity index is 486. The second-order valence-corrected chi connectivity index (χ2v) is 5.60. The van der Waals surface area contributed by atoms with Gasteiger partial charge in [0, 0.05) is 19.0 Å². The number of halogens is 1. The van der Waals surface area contributed by atoms with Crippen molar-refractivity contribution in [3.8, 4) is 11.5 Å². The third-order valence-corrected chi connectivity index (χ3v) is 4.36. The molecule has 5 heteroatoms. The first-order valence-corrected chi connectivity index (χ1v) is 7.54. The van der Waals surface area contributed by atoms with Gasteiger partial charge in [-0.05, 0) is 30.9 Å². The van der Waals surface area contributed by atoms with Gasteiger partial charge in [0.25, 0.3) is 5.91 Å². The summed E-state index contributed by atoms with van der Waals surface area (Å²) in [6, 6.07) is 7.44. The Morgan fingerprint density at radius 2 is 1.95 bits per heavy atom. The number of piperidine rings is 1. The molecule has 1 unspecified atom stereocenters. The fraction of sp³-hybridized carbons (Fsp3) is 0.533. The lowest BCUT2D eigenvalue weighted by molar-refractivity contribution is -0.142. The van der Waals surface area contributed by atoms with Crippen LogP contribution in [0, 0.1) is 5.92 Å². The zero-order chi connectivity index (χ0) is 13.9. The third kappa shape index (κ3) is 2.70. The predicted molar refractivity (Wildman–Crippen MR) is 76.4 cm³/mol. The smallest absolute Gasteiger partial charge is 0.267 e. The number of benzene rings is 1. The van der Waals surface area contributed by atoms with E-state index in [0.29, 0.717) is 23.3 Å². The van der Waals surface area contributed by atoms with Gasteiger partial charge in [-0.15, -0.1) is 11.6 Å². The van der Waals surface area contributed by atoms with Crippen molar-refractivity contribution in [3.05, 3.63) is 24.3 Å². The van der Waals surface area contributed by atoms with E-state index in [0.717, 1.165) is 25.9 Å².